The van der Waals surface area contributed by atoms with Crippen LogP contribution in [0.25, 0.3) is 0 Å². The van der Waals surface area contributed by atoms with Gasteiger partial charge in [0.05, 0.1) is 0 Å². The molecule has 100 valence electrons. The largest absolute Gasteiger partial charge is 0.351 e. The highest BCUT2D eigenvalue weighted by Crippen LogP contribution is 2.32. The first-order valence-corrected chi connectivity index (χ1v) is 7.28. The maximum absolute atomic E-state index is 13.0. The second kappa shape index (κ2) is 5.00. The maximum Gasteiger partial charge on any atom is 0.131 e. The van der Waals surface area contributed by atoms with E-state index in [1.807, 2.05) is 0 Å². The van der Waals surface area contributed by atoms with E-state index in [4.69, 9.17) is 17.2 Å². The minimum Gasteiger partial charge on any atom is -0.351 e. The van der Waals surface area contributed by atoms with E-state index in [-0.39, 0.29) is 11.5 Å². The SMILES string of the molecule is Fc1ccc(C2=NC3(CCCCCC3)NC2=S)cc1. The lowest BCUT2D eigenvalue weighted by atomic mass is 10.0. The molecule has 1 N–H and O–H groups in total. The summed E-state index contributed by atoms with van der Waals surface area (Å²) in [4.78, 5) is 5.56. The Hall–Kier alpha value is -1.29. The number of nitrogens with one attached hydrogen (secondary N) is 1. The van der Waals surface area contributed by atoms with E-state index < -0.39 is 0 Å². The second-order valence-electron chi connectivity index (χ2n) is 5.37. The van der Waals surface area contributed by atoms with E-state index in [0.717, 1.165) is 24.1 Å². The molecule has 3 rings (SSSR count). The molecule has 1 heterocycles. The Morgan fingerprint density at radius 3 is 2.32 bits per heavy atom. The fourth-order valence-electron chi connectivity index (χ4n) is 2.92. The van der Waals surface area contributed by atoms with Gasteiger partial charge in [-0.15, -0.1) is 0 Å². The molecule has 1 aromatic rings. The fourth-order valence-corrected chi connectivity index (χ4v) is 3.27. The van der Waals surface area contributed by atoms with Crippen molar-refractivity contribution < 1.29 is 4.39 Å². The third kappa shape index (κ3) is 2.54. The van der Waals surface area contributed by atoms with Crippen molar-refractivity contribution in [3.8, 4) is 0 Å². The molecule has 0 atom stereocenters. The number of thiocarbonyl (C=S) groups is 1. The van der Waals surface area contributed by atoms with E-state index in [9.17, 15) is 4.39 Å². The lowest BCUT2D eigenvalue weighted by Crippen LogP contribution is -2.41. The van der Waals surface area contributed by atoms with Gasteiger partial charge in [-0.05, 0) is 49.9 Å². The molecule has 4 heteroatoms. The van der Waals surface area contributed by atoms with Gasteiger partial charge in [-0.1, -0.05) is 25.1 Å². The molecular formula is C15H17FN2S. The number of hydrogen-bond acceptors (Lipinski definition) is 2. The van der Waals surface area contributed by atoms with Crippen molar-refractivity contribution in [3.63, 3.8) is 0 Å². The summed E-state index contributed by atoms with van der Waals surface area (Å²) in [6, 6.07) is 6.41. The van der Waals surface area contributed by atoms with Crippen LogP contribution >= 0.6 is 12.2 Å². The van der Waals surface area contributed by atoms with Crippen LogP contribution in [-0.4, -0.2) is 16.4 Å². The minimum absolute atomic E-state index is 0.197. The van der Waals surface area contributed by atoms with Gasteiger partial charge in [-0.25, -0.2) is 4.39 Å². The number of rotatable bonds is 1. The van der Waals surface area contributed by atoms with Crippen LogP contribution < -0.4 is 5.32 Å². The molecule has 1 aliphatic heterocycles. The highest BCUT2D eigenvalue weighted by molar-refractivity contribution is 7.82. The van der Waals surface area contributed by atoms with Gasteiger partial charge in [0.2, 0.25) is 0 Å². The summed E-state index contributed by atoms with van der Waals surface area (Å²) in [5.74, 6) is -0.231. The molecule has 1 saturated carbocycles. The highest BCUT2D eigenvalue weighted by atomic mass is 32.1. The van der Waals surface area contributed by atoms with Crippen molar-refractivity contribution in [2.75, 3.05) is 0 Å². The predicted molar refractivity (Wildman–Crippen MR) is 79.1 cm³/mol. The minimum atomic E-state index is -0.231. The van der Waals surface area contributed by atoms with Crippen molar-refractivity contribution in [1.82, 2.24) is 5.32 Å². The lowest BCUT2D eigenvalue weighted by molar-refractivity contribution is 0.360. The maximum atomic E-state index is 13.0. The molecule has 19 heavy (non-hydrogen) atoms. The van der Waals surface area contributed by atoms with Gasteiger partial charge in [-0.3, -0.25) is 4.99 Å². The number of halogens is 1. The molecular weight excluding hydrogens is 259 g/mol. The summed E-state index contributed by atoms with van der Waals surface area (Å²) in [7, 11) is 0. The monoisotopic (exact) mass is 276 g/mol. The molecule has 0 saturated heterocycles. The Balaban J connectivity index is 1.92. The summed E-state index contributed by atoms with van der Waals surface area (Å²) in [6.07, 6.45) is 7.01. The van der Waals surface area contributed by atoms with Crippen LogP contribution in [0, 0.1) is 5.82 Å². The average Bonchev–Trinajstić information content (AvgIpc) is 2.58. The number of nitrogens with zero attached hydrogens (tertiary/aromatic N) is 1. The Morgan fingerprint density at radius 1 is 1.05 bits per heavy atom. The van der Waals surface area contributed by atoms with Crippen molar-refractivity contribution in [3.05, 3.63) is 35.6 Å². The van der Waals surface area contributed by atoms with Gasteiger partial charge in [0.1, 0.15) is 22.2 Å². The Labute approximate surface area is 118 Å². The van der Waals surface area contributed by atoms with Gasteiger partial charge >= 0.3 is 0 Å². The van der Waals surface area contributed by atoms with E-state index in [1.54, 1.807) is 12.1 Å². The summed E-state index contributed by atoms with van der Waals surface area (Å²) in [5.41, 5.74) is 1.52. The van der Waals surface area contributed by atoms with Crippen molar-refractivity contribution in [2.24, 2.45) is 4.99 Å². The zero-order valence-electron chi connectivity index (χ0n) is 10.8. The highest BCUT2D eigenvalue weighted by Gasteiger charge is 2.37. The first-order chi connectivity index (χ1) is 9.19. The van der Waals surface area contributed by atoms with E-state index in [1.165, 1.54) is 37.8 Å². The van der Waals surface area contributed by atoms with Crippen LogP contribution in [0.3, 0.4) is 0 Å². The standard InChI is InChI=1S/C15H17FN2S/c16-12-7-5-11(6-8-12)13-14(19)18-15(17-13)9-3-1-2-4-10-15/h5-8H,1-4,9-10H2,(H,18,19). The number of benzene rings is 1. The fraction of sp³-hybridized carbons (Fsp3) is 0.467. The van der Waals surface area contributed by atoms with Crippen molar-refractivity contribution >= 4 is 22.9 Å². The molecule has 2 aliphatic rings. The zero-order chi connectivity index (χ0) is 13.3. The van der Waals surface area contributed by atoms with Gasteiger partial charge in [0.25, 0.3) is 0 Å². The van der Waals surface area contributed by atoms with Gasteiger partial charge < -0.3 is 5.32 Å². The topological polar surface area (TPSA) is 24.4 Å². The van der Waals surface area contributed by atoms with Gasteiger partial charge in [-0.2, -0.15) is 0 Å². The van der Waals surface area contributed by atoms with Crippen LogP contribution in [0.2, 0.25) is 0 Å². The van der Waals surface area contributed by atoms with Crippen LogP contribution in [0.1, 0.15) is 44.1 Å². The molecule has 1 fully saturated rings. The first kappa shape index (κ1) is 12.7. The summed E-state index contributed by atoms with van der Waals surface area (Å²) in [6.45, 7) is 0. The normalized spacial score (nSPS) is 21.9. The quantitative estimate of drug-likeness (QED) is 0.793. The molecule has 1 spiro atoms. The van der Waals surface area contributed by atoms with Gasteiger partial charge in [0, 0.05) is 5.56 Å². The Bertz CT molecular complexity index is 513. The van der Waals surface area contributed by atoms with Gasteiger partial charge in [0.15, 0.2) is 0 Å². The molecule has 0 unspecified atom stereocenters. The molecule has 1 aromatic carbocycles. The molecule has 0 bridgehead atoms. The molecule has 0 aromatic heterocycles. The van der Waals surface area contributed by atoms with E-state index in [2.05, 4.69) is 5.32 Å². The van der Waals surface area contributed by atoms with Crippen LogP contribution in [0.5, 0.6) is 0 Å². The smallest absolute Gasteiger partial charge is 0.131 e. The second-order valence-corrected chi connectivity index (χ2v) is 5.78. The third-order valence-electron chi connectivity index (χ3n) is 3.94. The first-order valence-electron chi connectivity index (χ1n) is 6.87. The predicted octanol–water partition coefficient (Wildman–Crippen LogP) is 3.60. The molecule has 1 aliphatic carbocycles. The van der Waals surface area contributed by atoms with E-state index >= 15 is 0 Å². The summed E-state index contributed by atoms with van der Waals surface area (Å²) < 4.78 is 13.0. The van der Waals surface area contributed by atoms with Crippen LogP contribution in [0.4, 0.5) is 4.39 Å². The van der Waals surface area contributed by atoms with Crippen LogP contribution in [0.15, 0.2) is 29.3 Å². The number of hydrogen-bond donors (Lipinski definition) is 1. The molecule has 0 radical (unpaired) electrons. The van der Waals surface area contributed by atoms with Crippen LogP contribution in [-0.2, 0) is 0 Å². The average molecular weight is 276 g/mol. The van der Waals surface area contributed by atoms with E-state index in [0.29, 0.717) is 4.99 Å². The van der Waals surface area contributed by atoms with Crippen molar-refractivity contribution in [2.45, 2.75) is 44.2 Å². The Morgan fingerprint density at radius 2 is 1.68 bits per heavy atom. The third-order valence-corrected chi connectivity index (χ3v) is 4.23. The summed E-state index contributed by atoms with van der Waals surface area (Å²) >= 11 is 5.42. The molecule has 2 nitrogen and oxygen atoms in total. The zero-order valence-corrected chi connectivity index (χ0v) is 11.6. The summed E-state index contributed by atoms with van der Waals surface area (Å²) in [5, 5.41) is 3.41. The molecule has 0 amide bonds. The lowest BCUT2D eigenvalue weighted by Gasteiger charge is -2.24. The van der Waals surface area contributed by atoms with Crippen molar-refractivity contribution in [1.29, 1.82) is 0 Å². The Kier molecular flexibility index (Phi) is 3.35. The number of aliphatic imine (C=N–C) groups is 1.